The molecule has 0 saturated carbocycles. The molecule has 0 aromatic heterocycles. The van der Waals surface area contributed by atoms with E-state index in [0.29, 0.717) is 25.7 Å². The molecule has 6 atom stereocenters. The summed E-state index contributed by atoms with van der Waals surface area (Å²) in [6.07, 6.45) is 58.9. The van der Waals surface area contributed by atoms with Crippen molar-refractivity contribution in [1.82, 2.24) is 0 Å². The molecule has 1 saturated heterocycles. The molecule has 434 valence electrons. The summed E-state index contributed by atoms with van der Waals surface area (Å²) in [6, 6.07) is 0. The van der Waals surface area contributed by atoms with Gasteiger partial charge in [-0.2, -0.15) is 0 Å². The van der Waals surface area contributed by atoms with E-state index in [9.17, 15) is 34.5 Å². The van der Waals surface area contributed by atoms with Crippen LogP contribution in [0.1, 0.15) is 213 Å². The zero-order valence-electron chi connectivity index (χ0n) is 47.7. The van der Waals surface area contributed by atoms with E-state index >= 15 is 0 Å². The summed E-state index contributed by atoms with van der Waals surface area (Å²) < 4.78 is 28.3. The van der Waals surface area contributed by atoms with E-state index in [4.69, 9.17) is 23.7 Å². The Morgan fingerprint density at radius 3 is 1.35 bits per heavy atom. The van der Waals surface area contributed by atoms with Crippen molar-refractivity contribution < 1.29 is 58.2 Å². The minimum Gasteiger partial charge on any atom is -0.479 e. The Bertz CT molecular complexity index is 1800. The summed E-state index contributed by atoms with van der Waals surface area (Å²) in [7, 11) is 0. The molecule has 0 bridgehead atoms. The highest BCUT2D eigenvalue weighted by atomic mass is 16.7. The molecule has 12 heteroatoms. The zero-order chi connectivity index (χ0) is 56.1. The van der Waals surface area contributed by atoms with Gasteiger partial charge in [-0.25, -0.2) is 4.79 Å². The molecule has 1 aliphatic rings. The Kier molecular flexibility index (Phi) is 47.2. The van der Waals surface area contributed by atoms with E-state index in [2.05, 4.69) is 124 Å². The lowest BCUT2D eigenvalue weighted by Crippen LogP contribution is -2.61. The molecule has 1 aliphatic heterocycles. The molecule has 1 fully saturated rings. The second-order valence-electron chi connectivity index (χ2n) is 19.5. The van der Waals surface area contributed by atoms with E-state index in [0.717, 1.165) is 128 Å². The van der Waals surface area contributed by atoms with Gasteiger partial charge in [0.1, 0.15) is 18.8 Å². The zero-order valence-corrected chi connectivity index (χ0v) is 47.7. The van der Waals surface area contributed by atoms with Gasteiger partial charge in [-0.15, -0.1) is 0 Å². The van der Waals surface area contributed by atoms with Gasteiger partial charge in [-0.1, -0.05) is 200 Å². The van der Waals surface area contributed by atoms with Crippen molar-refractivity contribution in [3.63, 3.8) is 0 Å². The van der Waals surface area contributed by atoms with Crippen LogP contribution in [0.25, 0.3) is 0 Å². The Labute approximate surface area is 465 Å². The lowest BCUT2D eigenvalue weighted by Gasteiger charge is -2.40. The lowest BCUT2D eigenvalue weighted by atomic mass is 9.98. The van der Waals surface area contributed by atoms with Gasteiger partial charge in [-0.05, 0) is 116 Å². The van der Waals surface area contributed by atoms with Crippen molar-refractivity contribution in [3.05, 3.63) is 122 Å². The molecular formula is C65H102O12. The highest BCUT2D eigenvalue weighted by Crippen LogP contribution is 2.26. The lowest BCUT2D eigenvalue weighted by molar-refractivity contribution is -0.301. The fourth-order valence-corrected chi connectivity index (χ4v) is 7.99. The Hall–Kier alpha value is -4.88. The van der Waals surface area contributed by atoms with E-state index in [1.54, 1.807) is 0 Å². The molecular weight excluding hydrogens is 973 g/mol. The first-order valence-electron chi connectivity index (χ1n) is 29.5. The van der Waals surface area contributed by atoms with Crippen LogP contribution in [0.15, 0.2) is 122 Å². The van der Waals surface area contributed by atoms with Crippen LogP contribution in [-0.2, 0) is 42.9 Å². The Balaban J connectivity index is 2.75. The number of unbranched alkanes of at least 4 members (excludes halogenated alkanes) is 14. The number of allylic oxidation sites excluding steroid dienone is 20. The maximum atomic E-state index is 13.1. The van der Waals surface area contributed by atoms with Crippen LogP contribution in [0.4, 0.5) is 0 Å². The van der Waals surface area contributed by atoms with Crippen molar-refractivity contribution >= 4 is 23.9 Å². The summed E-state index contributed by atoms with van der Waals surface area (Å²) >= 11 is 0. The van der Waals surface area contributed by atoms with Crippen LogP contribution in [-0.4, -0.2) is 89.2 Å². The van der Waals surface area contributed by atoms with Gasteiger partial charge < -0.3 is 39.0 Å². The molecule has 12 nitrogen and oxygen atoms in total. The van der Waals surface area contributed by atoms with E-state index in [1.807, 2.05) is 18.2 Å². The third kappa shape index (κ3) is 41.8. The molecule has 0 amide bonds. The first-order chi connectivity index (χ1) is 37.6. The largest absolute Gasteiger partial charge is 0.479 e. The van der Waals surface area contributed by atoms with Gasteiger partial charge in [-0.3, -0.25) is 14.4 Å². The molecule has 1 heterocycles. The molecule has 3 N–H and O–H groups in total. The number of hydrogen-bond acceptors (Lipinski definition) is 11. The van der Waals surface area contributed by atoms with E-state index in [1.165, 1.54) is 19.3 Å². The van der Waals surface area contributed by atoms with Crippen LogP contribution in [0.3, 0.4) is 0 Å². The molecule has 0 aliphatic carbocycles. The minimum absolute atomic E-state index is 0.0739. The maximum Gasteiger partial charge on any atom is 0.335 e. The number of aliphatic hydroxyl groups is 2. The second kappa shape index (κ2) is 51.9. The quantitative estimate of drug-likeness (QED) is 0.0228. The molecule has 0 radical (unpaired) electrons. The Morgan fingerprint density at radius 2 is 0.870 bits per heavy atom. The van der Waals surface area contributed by atoms with E-state index in [-0.39, 0.29) is 25.9 Å². The van der Waals surface area contributed by atoms with Gasteiger partial charge in [0.2, 0.25) is 0 Å². The highest BCUT2D eigenvalue weighted by Gasteiger charge is 2.50. The maximum absolute atomic E-state index is 13.1. The topological polar surface area (TPSA) is 175 Å². The molecule has 0 aromatic rings. The van der Waals surface area contributed by atoms with Crippen molar-refractivity contribution in [2.24, 2.45) is 0 Å². The normalized spacial score (nSPS) is 18.9. The number of aliphatic carboxylic acids is 1. The molecule has 6 unspecified atom stereocenters. The number of carbonyl (C=O) groups excluding carboxylic acids is 3. The molecule has 77 heavy (non-hydrogen) atoms. The number of hydrogen-bond donors (Lipinski definition) is 3. The number of esters is 3. The van der Waals surface area contributed by atoms with Crippen LogP contribution in [0.2, 0.25) is 0 Å². The second-order valence-corrected chi connectivity index (χ2v) is 19.5. The average Bonchev–Trinajstić information content (AvgIpc) is 3.42. The fraction of sp³-hybridized carbons (Fsp3) is 0.631. The summed E-state index contributed by atoms with van der Waals surface area (Å²) in [5, 5.41) is 31.5. The summed E-state index contributed by atoms with van der Waals surface area (Å²) in [6.45, 7) is 5.72. The first kappa shape index (κ1) is 70.1. The van der Waals surface area contributed by atoms with Crippen molar-refractivity contribution in [2.75, 3.05) is 13.2 Å². The van der Waals surface area contributed by atoms with Gasteiger partial charge in [0, 0.05) is 19.3 Å². The summed E-state index contributed by atoms with van der Waals surface area (Å²) in [5.41, 5.74) is 0. The van der Waals surface area contributed by atoms with Gasteiger partial charge in [0.05, 0.1) is 6.61 Å². The van der Waals surface area contributed by atoms with Gasteiger partial charge in [0.25, 0.3) is 0 Å². The van der Waals surface area contributed by atoms with Crippen LogP contribution >= 0.6 is 0 Å². The molecule has 0 spiro atoms. The summed E-state index contributed by atoms with van der Waals surface area (Å²) in [4.78, 5) is 51.1. The smallest absolute Gasteiger partial charge is 0.335 e. The highest BCUT2D eigenvalue weighted by molar-refractivity contribution is 5.74. The number of rotatable bonds is 48. The predicted octanol–water partition coefficient (Wildman–Crippen LogP) is 15.2. The first-order valence-corrected chi connectivity index (χ1v) is 29.5. The van der Waals surface area contributed by atoms with Crippen LogP contribution in [0.5, 0.6) is 0 Å². The van der Waals surface area contributed by atoms with Crippen molar-refractivity contribution in [2.45, 2.75) is 250 Å². The number of ether oxygens (including phenoxy) is 5. The van der Waals surface area contributed by atoms with Crippen molar-refractivity contribution in [3.8, 4) is 0 Å². The fourth-order valence-electron chi connectivity index (χ4n) is 7.99. The third-order valence-corrected chi connectivity index (χ3v) is 12.5. The van der Waals surface area contributed by atoms with E-state index < -0.39 is 67.3 Å². The van der Waals surface area contributed by atoms with Gasteiger partial charge >= 0.3 is 23.9 Å². The number of carboxylic acid groups (broad SMARTS) is 1. The molecule has 0 aromatic carbocycles. The minimum atomic E-state index is -1.94. The van der Waals surface area contributed by atoms with Crippen LogP contribution < -0.4 is 0 Å². The SMILES string of the molecule is CC/C=C\C/C=C\C/C=C\C/C=C\C/C=C\C/C=C\CCC(=O)OC1C(OCC(COC(=O)CCCCCCC/C=C\C/C=C\CCCCC)OC(=O)CCCCCCC/C=C\C/C=C\CCC)OC(C(=O)O)C(O)C1O. The average molecular weight is 1080 g/mol. The number of carbonyl (C=O) groups is 4. The number of aliphatic hydroxyl groups excluding tert-OH is 2. The third-order valence-electron chi connectivity index (χ3n) is 12.5. The van der Waals surface area contributed by atoms with Gasteiger partial charge in [0.15, 0.2) is 24.6 Å². The van der Waals surface area contributed by atoms with Crippen molar-refractivity contribution in [1.29, 1.82) is 0 Å². The standard InChI is InChI=1S/C65H102O12/c1-4-7-10-13-16-19-22-25-27-28-29-30-32-35-38-41-44-47-50-53-59(68)76-63-61(70)60(69)62(64(71)72)77-65(63)74-55-56(75-58(67)52-49-46-43-40-37-33-24-21-18-15-12-9-6-3)54-73-57(66)51-48-45-42-39-36-34-31-26-23-20-17-14-11-8-5-2/h7,10,12,15-17,19-21,24-27,29-31,35,38,44,47,56,60-63,65,69-70H,4-6,8-9,11,13-14,18,22-23,28,32-34,36-37,39-43,45-46,48-55H2,1-3H3,(H,71,72)/b10-7-,15-12-,19-16-,20-17-,24-21-,27-25-,30-29-,31-26-,38-35-,47-44-. The molecule has 1 rings (SSSR count). The monoisotopic (exact) mass is 1070 g/mol. The number of carboxylic acids is 1. The summed E-state index contributed by atoms with van der Waals surface area (Å²) in [5.74, 6) is -3.28. The predicted molar refractivity (Wildman–Crippen MR) is 312 cm³/mol. The Morgan fingerprint density at radius 1 is 0.442 bits per heavy atom. The van der Waals surface area contributed by atoms with Crippen LogP contribution in [0, 0.1) is 0 Å².